The molecule has 6 heteroatoms. The lowest BCUT2D eigenvalue weighted by molar-refractivity contribution is -0.118. The quantitative estimate of drug-likeness (QED) is 0.620. The molecule has 0 bridgehead atoms. The molecule has 2 aliphatic rings. The number of Topliss-reactive ketones (excluding diaryl/α,β-unsaturated/α-hetero) is 1. The van der Waals surface area contributed by atoms with Crippen molar-refractivity contribution >= 4 is 36.3 Å². The highest BCUT2D eigenvalue weighted by molar-refractivity contribution is 5.85. The van der Waals surface area contributed by atoms with Gasteiger partial charge in [0.15, 0.2) is 0 Å². The Morgan fingerprint density at radius 3 is 2.24 bits per heavy atom. The maximum Gasteiger partial charge on any atom is 0.143 e. The summed E-state index contributed by atoms with van der Waals surface area (Å²) < 4.78 is 0. The van der Waals surface area contributed by atoms with E-state index in [1.165, 1.54) is 50.1 Å². The van der Waals surface area contributed by atoms with Crippen LogP contribution >= 0.6 is 24.8 Å². The molecule has 0 aliphatic carbocycles. The average molecular weight is 444 g/mol. The first-order valence-electron chi connectivity index (χ1n) is 10.8. The van der Waals surface area contributed by atoms with E-state index in [0.717, 1.165) is 32.1 Å². The van der Waals surface area contributed by atoms with Crippen molar-refractivity contribution in [1.29, 1.82) is 0 Å². The second-order valence-electron chi connectivity index (χ2n) is 8.79. The van der Waals surface area contributed by atoms with E-state index in [9.17, 15) is 4.79 Å². The maximum absolute atomic E-state index is 11.3. The van der Waals surface area contributed by atoms with E-state index in [0.29, 0.717) is 18.2 Å². The van der Waals surface area contributed by atoms with Crippen molar-refractivity contribution in [1.82, 2.24) is 9.80 Å². The number of piperazine rings is 1. The van der Waals surface area contributed by atoms with Crippen molar-refractivity contribution in [3.8, 4) is 0 Å². The van der Waals surface area contributed by atoms with E-state index in [2.05, 4.69) is 52.8 Å². The third-order valence-corrected chi connectivity index (χ3v) is 6.28. The molecule has 0 atom stereocenters. The highest BCUT2D eigenvalue weighted by Gasteiger charge is 2.22. The minimum absolute atomic E-state index is 0. The summed E-state index contributed by atoms with van der Waals surface area (Å²) in [5, 5.41) is 0. The lowest BCUT2D eigenvalue weighted by Gasteiger charge is -2.37. The molecule has 29 heavy (non-hydrogen) atoms. The van der Waals surface area contributed by atoms with Crippen LogP contribution in [0.4, 0.5) is 5.69 Å². The van der Waals surface area contributed by atoms with Crippen LogP contribution in [-0.4, -0.2) is 67.9 Å². The molecule has 4 nitrogen and oxygen atoms in total. The third kappa shape index (κ3) is 8.09. The van der Waals surface area contributed by atoms with Gasteiger partial charge in [-0.05, 0) is 75.4 Å². The van der Waals surface area contributed by atoms with E-state index in [1.54, 1.807) is 6.92 Å². The largest absolute Gasteiger partial charge is 0.369 e. The molecule has 0 radical (unpaired) electrons. The average Bonchev–Trinajstić information content (AvgIpc) is 2.67. The van der Waals surface area contributed by atoms with Gasteiger partial charge in [0.2, 0.25) is 0 Å². The van der Waals surface area contributed by atoms with Gasteiger partial charge in [-0.25, -0.2) is 0 Å². The molecule has 0 unspecified atom stereocenters. The molecule has 2 fully saturated rings. The second kappa shape index (κ2) is 12.8. The van der Waals surface area contributed by atoms with Gasteiger partial charge in [-0.2, -0.15) is 0 Å². The monoisotopic (exact) mass is 443 g/mol. The van der Waals surface area contributed by atoms with Gasteiger partial charge in [0.1, 0.15) is 5.78 Å². The highest BCUT2D eigenvalue weighted by atomic mass is 35.5. The number of rotatable bonds is 7. The Hall–Kier alpha value is -0.810. The standard InChI is InChI=1S/C23H37N3O.2ClH/c1-19(2)22-5-4-6-23(17-22)26-15-13-24(14-16-26)10-7-21-8-11-25(12-9-21)18-20(3)27;;/h4-6,17,19,21H,7-16,18H2,1-3H3;2*1H. The summed E-state index contributed by atoms with van der Waals surface area (Å²) in [4.78, 5) is 18.8. The van der Waals surface area contributed by atoms with Gasteiger partial charge in [0, 0.05) is 31.9 Å². The first-order chi connectivity index (χ1) is 13.0. The van der Waals surface area contributed by atoms with Crippen molar-refractivity contribution in [2.75, 3.05) is 57.3 Å². The van der Waals surface area contributed by atoms with Crippen LogP contribution < -0.4 is 4.90 Å². The van der Waals surface area contributed by atoms with Crippen LogP contribution in [0.1, 0.15) is 51.5 Å². The number of hydrogen-bond acceptors (Lipinski definition) is 4. The van der Waals surface area contributed by atoms with Gasteiger partial charge < -0.3 is 4.90 Å². The van der Waals surface area contributed by atoms with Gasteiger partial charge in [-0.1, -0.05) is 26.0 Å². The van der Waals surface area contributed by atoms with Crippen LogP contribution in [0, 0.1) is 5.92 Å². The van der Waals surface area contributed by atoms with E-state index in [-0.39, 0.29) is 24.8 Å². The third-order valence-electron chi connectivity index (χ3n) is 6.28. The highest BCUT2D eigenvalue weighted by Crippen LogP contribution is 2.24. The number of hydrogen-bond donors (Lipinski definition) is 0. The molecule has 1 aromatic carbocycles. The van der Waals surface area contributed by atoms with Crippen LogP contribution in [0.3, 0.4) is 0 Å². The zero-order valence-electron chi connectivity index (χ0n) is 18.3. The van der Waals surface area contributed by atoms with Gasteiger partial charge >= 0.3 is 0 Å². The van der Waals surface area contributed by atoms with Crippen LogP contribution in [0.2, 0.25) is 0 Å². The molecule has 2 saturated heterocycles. The van der Waals surface area contributed by atoms with E-state index < -0.39 is 0 Å². The SMILES string of the molecule is CC(=O)CN1CCC(CCN2CCN(c3cccc(C(C)C)c3)CC2)CC1.Cl.Cl. The number of carbonyl (C=O) groups excluding carboxylic acids is 1. The number of nitrogens with zero attached hydrogens (tertiary/aromatic N) is 3. The fraction of sp³-hybridized carbons (Fsp3) is 0.696. The Kier molecular flexibility index (Phi) is 11.6. The Morgan fingerprint density at radius 1 is 1.00 bits per heavy atom. The molecule has 0 amide bonds. The molecule has 166 valence electrons. The fourth-order valence-electron chi connectivity index (χ4n) is 4.42. The first-order valence-corrected chi connectivity index (χ1v) is 10.8. The van der Waals surface area contributed by atoms with Gasteiger partial charge in [-0.3, -0.25) is 14.6 Å². The summed E-state index contributed by atoms with van der Waals surface area (Å²) >= 11 is 0. The Balaban J connectivity index is 0.00000210. The predicted molar refractivity (Wildman–Crippen MR) is 128 cm³/mol. The summed E-state index contributed by atoms with van der Waals surface area (Å²) in [5.74, 6) is 1.73. The lowest BCUT2D eigenvalue weighted by Crippen LogP contribution is -2.47. The van der Waals surface area contributed by atoms with E-state index in [4.69, 9.17) is 0 Å². The molecular formula is C23H39Cl2N3O. The molecule has 2 aliphatic heterocycles. The van der Waals surface area contributed by atoms with Gasteiger partial charge in [-0.15, -0.1) is 24.8 Å². The Labute approximate surface area is 189 Å². The van der Waals surface area contributed by atoms with Crippen LogP contribution in [0.25, 0.3) is 0 Å². The van der Waals surface area contributed by atoms with Crippen LogP contribution in [0.15, 0.2) is 24.3 Å². The Bertz CT molecular complexity index is 610. The number of benzene rings is 1. The summed E-state index contributed by atoms with van der Waals surface area (Å²) in [7, 11) is 0. The number of likely N-dealkylation sites (tertiary alicyclic amines) is 1. The summed E-state index contributed by atoms with van der Waals surface area (Å²) in [6.07, 6.45) is 3.83. The van der Waals surface area contributed by atoms with Gasteiger partial charge in [0.05, 0.1) is 6.54 Å². The number of anilines is 1. The topological polar surface area (TPSA) is 26.8 Å². The van der Waals surface area contributed by atoms with Crippen molar-refractivity contribution in [2.45, 2.75) is 46.0 Å². The number of carbonyl (C=O) groups is 1. The normalized spacial score (nSPS) is 19.0. The predicted octanol–water partition coefficient (Wildman–Crippen LogP) is 4.47. The van der Waals surface area contributed by atoms with Crippen molar-refractivity contribution in [3.05, 3.63) is 29.8 Å². The molecule has 0 spiro atoms. The van der Waals surface area contributed by atoms with Gasteiger partial charge in [0.25, 0.3) is 0 Å². The lowest BCUT2D eigenvalue weighted by atomic mass is 9.93. The molecule has 3 rings (SSSR count). The number of piperidine rings is 1. The summed E-state index contributed by atoms with van der Waals surface area (Å²) in [5.41, 5.74) is 2.82. The van der Waals surface area contributed by atoms with Crippen molar-refractivity contribution in [2.24, 2.45) is 5.92 Å². The van der Waals surface area contributed by atoms with E-state index in [1.807, 2.05) is 0 Å². The molecule has 0 N–H and O–H groups in total. The number of ketones is 1. The van der Waals surface area contributed by atoms with Crippen LogP contribution in [0.5, 0.6) is 0 Å². The molecule has 0 saturated carbocycles. The molecular weight excluding hydrogens is 405 g/mol. The number of halogens is 2. The Morgan fingerprint density at radius 2 is 1.66 bits per heavy atom. The van der Waals surface area contributed by atoms with Crippen LogP contribution in [-0.2, 0) is 4.79 Å². The zero-order chi connectivity index (χ0) is 19.2. The zero-order valence-corrected chi connectivity index (χ0v) is 19.9. The summed E-state index contributed by atoms with van der Waals surface area (Å²) in [6, 6.07) is 9.08. The minimum atomic E-state index is 0. The van der Waals surface area contributed by atoms with Crippen molar-refractivity contribution < 1.29 is 4.79 Å². The minimum Gasteiger partial charge on any atom is -0.369 e. The fourth-order valence-corrected chi connectivity index (χ4v) is 4.42. The molecule has 0 aromatic heterocycles. The van der Waals surface area contributed by atoms with Crippen molar-refractivity contribution in [3.63, 3.8) is 0 Å². The van der Waals surface area contributed by atoms with E-state index >= 15 is 0 Å². The first kappa shape index (κ1) is 26.2. The molecule has 2 heterocycles. The summed E-state index contributed by atoms with van der Waals surface area (Å²) in [6.45, 7) is 14.9. The smallest absolute Gasteiger partial charge is 0.143 e. The molecule has 1 aromatic rings. The maximum atomic E-state index is 11.3. The second-order valence-corrected chi connectivity index (χ2v) is 8.79.